The first kappa shape index (κ1) is 30.5. The normalized spacial score (nSPS) is 13.2. The second kappa shape index (κ2) is 19.3. The third-order valence-corrected chi connectivity index (χ3v) is 3.53. The number of alkyl carbamates (subject to hydrolysis) is 1. The molecule has 0 bridgehead atoms. The van der Waals surface area contributed by atoms with E-state index in [0.29, 0.717) is 18.3 Å². The van der Waals surface area contributed by atoms with Gasteiger partial charge < -0.3 is 24.9 Å². The molecule has 3 amide bonds. The van der Waals surface area contributed by atoms with Crippen LogP contribution < -0.4 is 10.6 Å². The third kappa shape index (κ3) is 19.0. The molecule has 2 N–H and O–H groups in total. The van der Waals surface area contributed by atoms with E-state index in [4.69, 9.17) is 4.74 Å². The van der Waals surface area contributed by atoms with E-state index in [2.05, 4.69) is 20.2 Å². The Morgan fingerprint density at radius 1 is 0.968 bits per heavy atom. The summed E-state index contributed by atoms with van der Waals surface area (Å²) in [7, 11) is 1.94. The van der Waals surface area contributed by atoms with Gasteiger partial charge in [0.15, 0.2) is 0 Å². The van der Waals surface area contributed by atoms with E-state index in [9.17, 15) is 24.0 Å². The summed E-state index contributed by atoms with van der Waals surface area (Å²) in [4.78, 5) is 57.0. The van der Waals surface area contributed by atoms with Crippen LogP contribution in [0.4, 0.5) is 4.79 Å². The van der Waals surface area contributed by atoms with Gasteiger partial charge in [0.25, 0.3) is 11.8 Å². The molecule has 11 heteroatoms. The van der Waals surface area contributed by atoms with E-state index < -0.39 is 17.8 Å². The van der Waals surface area contributed by atoms with E-state index in [1.807, 2.05) is 14.0 Å². The highest BCUT2D eigenvalue weighted by molar-refractivity contribution is 6.01. The first-order valence-electron chi connectivity index (χ1n) is 10.3. The SMILES string of the molecule is CC(=O)ON1C(=O)CCC1=O.CCOC(=O)NC(C)CCCCNC.CCOC(C)=O. The highest BCUT2D eigenvalue weighted by Crippen LogP contribution is 2.11. The Bertz CT molecular complexity index is 553. The van der Waals surface area contributed by atoms with Crippen LogP contribution in [-0.2, 0) is 33.5 Å². The Morgan fingerprint density at radius 3 is 1.90 bits per heavy atom. The number of ether oxygens (including phenoxy) is 2. The van der Waals surface area contributed by atoms with Crippen LogP contribution in [0.3, 0.4) is 0 Å². The maximum absolute atomic E-state index is 11.0. The summed E-state index contributed by atoms with van der Waals surface area (Å²) in [5, 5.41) is 6.38. The summed E-state index contributed by atoms with van der Waals surface area (Å²) in [6, 6.07) is 0.200. The van der Waals surface area contributed by atoms with Gasteiger partial charge >= 0.3 is 18.0 Å². The number of nitrogens with one attached hydrogen (secondary N) is 2. The average molecular weight is 448 g/mol. The number of hydrogen-bond donors (Lipinski definition) is 2. The van der Waals surface area contributed by atoms with Crippen molar-refractivity contribution in [1.82, 2.24) is 15.7 Å². The number of imide groups is 1. The second-order valence-electron chi connectivity index (χ2n) is 6.45. The lowest BCUT2D eigenvalue weighted by Crippen LogP contribution is -2.33. The highest BCUT2D eigenvalue weighted by Gasteiger charge is 2.31. The van der Waals surface area contributed by atoms with Crippen molar-refractivity contribution in [2.75, 3.05) is 26.8 Å². The zero-order valence-electron chi connectivity index (χ0n) is 19.4. The number of rotatable bonds is 9. The minimum absolute atomic E-state index is 0.131. The monoisotopic (exact) mass is 447 g/mol. The third-order valence-electron chi connectivity index (χ3n) is 3.53. The van der Waals surface area contributed by atoms with Gasteiger partial charge in [-0.05, 0) is 47.2 Å². The van der Waals surface area contributed by atoms with Crippen LogP contribution in [0.2, 0.25) is 0 Å². The molecule has 0 aromatic rings. The Morgan fingerprint density at radius 2 is 1.52 bits per heavy atom. The Balaban J connectivity index is 0. The Labute approximate surface area is 184 Å². The molecular weight excluding hydrogens is 410 g/mol. The molecule has 180 valence electrons. The van der Waals surface area contributed by atoms with Gasteiger partial charge in [-0.25, -0.2) is 9.59 Å². The van der Waals surface area contributed by atoms with E-state index in [1.54, 1.807) is 13.8 Å². The Kier molecular flexibility index (Phi) is 19.0. The lowest BCUT2D eigenvalue weighted by Gasteiger charge is -2.12. The van der Waals surface area contributed by atoms with Crippen LogP contribution in [0.25, 0.3) is 0 Å². The quantitative estimate of drug-likeness (QED) is 0.307. The molecule has 1 aliphatic heterocycles. The van der Waals surface area contributed by atoms with Crippen molar-refractivity contribution in [3.8, 4) is 0 Å². The number of unbranched alkanes of at least 4 members (excludes halogenated alkanes) is 1. The largest absolute Gasteiger partial charge is 0.466 e. The van der Waals surface area contributed by atoms with E-state index in [-0.39, 0.29) is 30.9 Å². The fourth-order valence-corrected chi connectivity index (χ4v) is 2.19. The number of nitrogens with zero attached hydrogens (tertiary/aromatic N) is 1. The number of amides is 3. The van der Waals surface area contributed by atoms with E-state index in [0.717, 1.165) is 32.7 Å². The van der Waals surface area contributed by atoms with Gasteiger partial charge in [0.05, 0.1) is 13.2 Å². The van der Waals surface area contributed by atoms with Crippen LogP contribution in [0.5, 0.6) is 0 Å². The molecule has 1 saturated heterocycles. The van der Waals surface area contributed by atoms with Gasteiger partial charge in [-0.3, -0.25) is 14.4 Å². The van der Waals surface area contributed by atoms with Crippen molar-refractivity contribution in [3.05, 3.63) is 0 Å². The molecule has 0 spiro atoms. The number of hydrogen-bond acceptors (Lipinski definition) is 9. The molecule has 1 unspecified atom stereocenters. The summed E-state index contributed by atoms with van der Waals surface area (Å²) >= 11 is 0. The number of hydroxylamine groups is 2. The zero-order chi connectivity index (χ0) is 24.2. The number of carbonyl (C=O) groups is 5. The van der Waals surface area contributed by atoms with Crippen LogP contribution in [0, 0.1) is 0 Å². The van der Waals surface area contributed by atoms with E-state index in [1.165, 1.54) is 6.92 Å². The van der Waals surface area contributed by atoms with Gasteiger partial charge in [-0.2, -0.15) is 0 Å². The first-order valence-corrected chi connectivity index (χ1v) is 10.3. The van der Waals surface area contributed by atoms with Gasteiger partial charge in [0.2, 0.25) is 0 Å². The van der Waals surface area contributed by atoms with Crippen LogP contribution in [0.15, 0.2) is 0 Å². The molecule has 1 aliphatic rings. The lowest BCUT2D eigenvalue weighted by atomic mass is 10.1. The summed E-state index contributed by atoms with van der Waals surface area (Å²) < 4.78 is 9.18. The zero-order valence-corrected chi connectivity index (χ0v) is 19.4. The van der Waals surface area contributed by atoms with Crippen molar-refractivity contribution in [2.45, 2.75) is 72.8 Å². The average Bonchev–Trinajstić information content (AvgIpc) is 2.98. The predicted octanol–water partition coefficient (Wildman–Crippen LogP) is 1.69. The number of esters is 1. The topological polar surface area (TPSA) is 140 Å². The molecular formula is C20H37N3O8. The smallest absolute Gasteiger partial charge is 0.407 e. The summed E-state index contributed by atoms with van der Waals surface area (Å²) in [6.45, 7) is 10.1. The molecule has 11 nitrogen and oxygen atoms in total. The van der Waals surface area contributed by atoms with Gasteiger partial charge in [0.1, 0.15) is 0 Å². The fraction of sp³-hybridized carbons (Fsp3) is 0.750. The number of carbonyl (C=O) groups excluding carboxylic acids is 5. The standard InChI is InChI=1S/C10H22N2O2.C6H7NO4.C4H8O2/c1-4-14-10(13)12-9(2)7-5-6-8-11-3;1-4(8)11-7-5(9)2-3-6(7)10;1-3-6-4(2)5/h9,11H,4-8H2,1-3H3,(H,12,13);2-3H2,1H3;3H2,1-2H3. The Hall–Kier alpha value is -2.69. The summed E-state index contributed by atoms with van der Waals surface area (Å²) in [6.07, 6.45) is 3.21. The van der Waals surface area contributed by atoms with Crippen LogP contribution in [-0.4, -0.2) is 67.8 Å². The lowest BCUT2D eigenvalue weighted by molar-refractivity contribution is -0.195. The predicted molar refractivity (Wildman–Crippen MR) is 113 cm³/mol. The van der Waals surface area contributed by atoms with Gasteiger partial charge in [-0.1, -0.05) is 6.42 Å². The highest BCUT2D eigenvalue weighted by atomic mass is 16.7. The van der Waals surface area contributed by atoms with Gasteiger partial charge in [-0.15, -0.1) is 5.06 Å². The molecule has 0 saturated carbocycles. The maximum atomic E-state index is 11.0. The molecule has 0 radical (unpaired) electrons. The van der Waals surface area contributed by atoms with Crippen molar-refractivity contribution >= 4 is 29.8 Å². The molecule has 1 heterocycles. The van der Waals surface area contributed by atoms with Crippen molar-refractivity contribution in [3.63, 3.8) is 0 Å². The molecule has 0 aromatic heterocycles. The fourth-order valence-electron chi connectivity index (χ4n) is 2.19. The van der Waals surface area contributed by atoms with Crippen LogP contribution in [0.1, 0.15) is 66.7 Å². The first-order chi connectivity index (χ1) is 14.6. The van der Waals surface area contributed by atoms with Gasteiger partial charge in [0, 0.05) is 32.7 Å². The van der Waals surface area contributed by atoms with E-state index >= 15 is 0 Å². The summed E-state index contributed by atoms with van der Waals surface area (Å²) in [5.74, 6) is -1.78. The minimum Gasteiger partial charge on any atom is -0.466 e. The molecule has 1 fully saturated rings. The molecule has 31 heavy (non-hydrogen) atoms. The van der Waals surface area contributed by atoms with Crippen molar-refractivity contribution in [2.24, 2.45) is 0 Å². The molecule has 0 aromatic carbocycles. The molecule has 0 aliphatic carbocycles. The minimum atomic E-state index is -0.659. The van der Waals surface area contributed by atoms with Crippen molar-refractivity contribution in [1.29, 1.82) is 0 Å². The molecule has 1 atom stereocenters. The molecule has 1 rings (SSSR count). The maximum Gasteiger partial charge on any atom is 0.407 e. The summed E-state index contributed by atoms with van der Waals surface area (Å²) in [5.41, 5.74) is 0. The second-order valence-corrected chi connectivity index (χ2v) is 6.45. The van der Waals surface area contributed by atoms with Crippen molar-refractivity contribution < 1.29 is 38.3 Å². The van der Waals surface area contributed by atoms with Crippen LogP contribution >= 0.6 is 0 Å².